The largest absolute Gasteiger partial charge is 0.311 e. The van der Waals surface area contributed by atoms with Gasteiger partial charge in [0.05, 0.1) is 0 Å². The second-order valence-corrected chi connectivity index (χ2v) is 24.1. The van der Waals surface area contributed by atoms with E-state index in [0.29, 0.717) is 0 Å². The van der Waals surface area contributed by atoms with Crippen LogP contribution in [0.1, 0.15) is 134 Å². The molecule has 66 heavy (non-hydrogen) atoms. The van der Waals surface area contributed by atoms with E-state index in [1.54, 1.807) is 0 Å². The van der Waals surface area contributed by atoms with Crippen LogP contribution in [0.2, 0.25) is 0 Å². The molecule has 7 aromatic rings. The molecule has 0 aromatic heterocycles. The zero-order valence-electron chi connectivity index (χ0n) is 41.8. The van der Waals surface area contributed by atoms with Gasteiger partial charge in [-0.3, -0.25) is 0 Å². The van der Waals surface area contributed by atoms with E-state index >= 15 is 0 Å². The second-order valence-electron chi connectivity index (χ2n) is 24.1. The van der Waals surface area contributed by atoms with E-state index < -0.39 is 0 Å². The Balaban J connectivity index is 1.27. The normalized spacial score (nSPS) is 18.0. The van der Waals surface area contributed by atoms with Crippen molar-refractivity contribution in [2.45, 2.75) is 136 Å². The lowest BCUT2D eigenvalue weighted by Gasteiger charge is -2.48. The first-order valence-corrected chi connectivity index (χ1v) is 24.6. The van der Waals surface area contributed by atoms with E-state index in [1.807, 2.05) is 0 Å². The molecule has 2 heterocycles. The fraction of sp³-hybridized carbons (Fsp3) is 0.333. The SMILES string of the molecule is Cc1cc(-c2ccccc2)ccc1N1c2cc(-c3ccccc3)ccc2B2c3cc4c(cc3N(c3cc5c(cc3C)C(C)(C)CC5(C)C)c3cc(C(C)(C)C)cc1c32)C(C)(C)CCC4(C)C. The standard InChI is InChI=1S/C63H67BN2/c1-39-30-43(41-20-16-14-17-21-41)25-27-52(39)65-54-32-44(42-22-18-15-19-23-42)24-26-50(54)64-51-35-47-48(61(8,9)29-28-60(47,6)7)37-55(51)66(57-34-45(59(3,4)5)33-56(65)58(57)64)53-36-49-46(31-40(53)2)62(10,11)38-63(49,12)13/h14-27,30-37H,28-29,38H2,1-13H3. The van der Waals surface area contributed by atoms with E-state index in [2.05, 4.69) is 233 Å². The number of aryl methyl sites for hydroxylation is 2. The summed E-state index contributed by atoms with van der Waals surface area (Å²) in [6.07, 6.45) is 3.49. The van der Waals surface area contributed by atoms with E-state index in [-0.39, 0.29) is 33.8 Å². The molecule has 0 saturated carbocycles. The van der Waals surface area contributed by atoms with Gasteiger partial charge in [-0.05, 0) is 180 Å². The lowest BCUT2D eigenvalue weighted by atomic mass is 9.33. The Kier molecular flexibility index (Phi) is 9.31. The zero-order valence-corrected chi connectivity index (χ0v) is 41.8. The topological polar surface area (TPSA) is 6.48 Å². The van der Waals surface area contributed by atoms with Gasteiger partial charge in [0, 0.05) is 34.1 Å². The third-order valence-corrected chi connectivity index (χ3v) is 16.5. The monoisotopic (exact) mass is 863 g/mol. The molecule has 0 N–H and O–H groups in total. The minimum Gasteiger partial charge on any atom is -0.311 e. The molecule has 11 rings (SSSR count). The molecule has 0 fully saturated rings. The first-order valence-electron chi connectivity index (χ1n) is 24.6. The molecule has 4 aliphatic rings. The highest BCUT2D eigenvalue weighted by molar-refractivity contribution is 7.00. The molecule has 0 bridgehead atoms. The maximum atomic E-state index is 2.74. The van der Waals surface area contributed by atoms with Gasteiger partial charge >= 0.3 is 0 Å². The van der Waals surface area contributed by atoms with Gasteiger partial charge in [0.15, 0.2) is 0 Å². The molecule has 3 heteroatoms. The zero-order chi connectivity index (χ0) is 46.5. The number of fused-ring (bicyclic) bond motifs is 6. The molecule has 0 unspecified atom stereocenters. The predicted octanol–water partition coefficient (Wildman–Crippen LogP) is 15.3. The Morgan fingerprint density at radius 2 is 0.879 bits per heavy atom. The first-order chi connectivity index (χ1) is 31.1. The summed E-state index contributed by atoms with van der Waals surface area (Å²) in [4.78, 5) is 5.38. The smallest absolute Gasteiger partial charge is 0.252 e. The van der Waals surface area contributed by atoms with Crippen molar-refractivity contribution in [2.75, 3.05) is 9.80 Å². The summed E-state index contributed by atoms with van der Waals surface area (Å²) >= 11 is 0. The number of rotatable bonds is 4. The van der Waals surface area contributed by atoms with E-state index in [4.69, 9.17) is 0 Å². The molecular formula is C63H67BN2. The molecule has 0 saturated heterocycles. The van der Waals surface area contributed by atoms with Gasteiger partial charge in [-0.1, -0.05) is 167 Å². The quantitative estimate of drug-likeness (QED) is 0.163. The van der Waals surface area contributed by atoms with Crippen molar-refractivity contribution in [1.29, 1.82) is 0 Å². The second kappa shape index (κ2) is 14.4. The third-order valence-electron chi connectivity index (χ3n) is 16.5. The van der Waals surface area contributed by atoms with E-state index in [0.717, 1.165) is 6.42 Å². The van der Waals surface area contributed by atoms with Crippen molar-refractivity contribution in [3.8, 4) is 22.3 Å². The summed E-state index contributed by atoms with van der Waals surface area (Å²) in [6, 6.07) is 51.9. The summed E-state index contributed by atoms with van der Waals surface area (Å²) in [5, 5.41) is 0. The highest BCUT2D eigenvalue weighted by Gasteiger charge is 2.48. The lowest BCUT2D eigenvalue weighted by molar-refractivity contribution is 0.332. The van der Waals surface area contributed by atoms with Gasteiger partial charge in [0.25, 0.3) is 6.71 Å². The predicted molar refractivity (Wildman–Crippen MR) is 285 cm³/mol. The number of hydrogen-bond acceptors (Lipinski definition) is 2. The average Bonchev–Trinajstić information content (AvgIpc) is 3.45. The molecule has 332 valence electrons. The maximum Gasteiger partial charge on any atom is 0.252 e. The molecule has 2 nitrogen and oxygen atoms in total. The van der Waals surface area contributed by atoms with Crippen molar-refractivity contribution < 1.29 is 0 Å². The van der Waals surface area contributed by atoms with Crippen LogP contribution in [0.25, 0.3) is 22.3 Å². The third kappa shape index (κ3) is 6.50. The van der Waals surface area contributed by atoms with Crippen LogP contribution >= 0.6 is 0 Å². The van der Waals surface area contributed by atoms with Crippen LogP contribution in [0.15, 0.2) is 133 Å². The molecule has 7 aromatic carbocycles. The molecule has 0 radical (unpaired) electrons. The first kappa shape index (κ1) is 42.8. The summed E-state index contributed by atoms with van der Waals surface area (Å²) < 4.78 is 0. The van der Waals surface area contributed by atoms with Crippen molar-refractivity contribution in [3.63, 3.8) is 0 Å². The fourth-order valence-corrected chi connectivity index (χ4v) is 12.9. The van der Waals surface area contributed by atoms with Gasteiger partial charge in [0.1, 0.15) is 0 Å². The molecule has 2 aliphatic heterocycles. The van der Waals surface area contributed by atoms with E-state index in [1.165, 1.54) is 125 Å². The minimum absolute atomic E-state index is 0.0338. The highest BCUT2D eigenvalue weighted by Crippen LogP contribution is 2.55. The van der Waals surface area contributed by atoms with E-state index in [9.17, 15) is 0 Å². The number of nitrogens with zero attached hydrogens (tertiary/aromatic N) is 2. The van der Waals surface area contributed by atoms with Crippen molar-refractivity contribution in [1.82, 2.24) is 0 Å². The maximum absolute atomic E-state index is 2.74. The molecule has 0 spiro atoms. The average molecular weight is 863 g/mol. The highest BCUT2D eigenvalue weighted by atomic mass is 15.2. The Morgan fingerprint density at radius 3 is 1.45 bits per heavy atom. The molecular weight excluding hydrogens is 796 g/mol. The Hall–Kier alpha value is -5.80. The summed E-state index contributed by atoms with van der Waals surface area (Å²) in [5.74, 6) is 0. The van der Waals surface area contributed by atoms with Gasteiger partial charge in [-0.2, -0.15) is 0 Å². The van der Waals surface area contributed by atoms with Gasteiger partial charge in [0.2, 0.25) is 0 Å². The van der Waals surface area contributed by atoms with Crippen LogP contribution < -0.4 is 26.2 Å². The van der Waals surface area contributed by atoms with Crippen LogP contribution in [0.3, 0.4) is 0 Å². The van der Waals surface area contributed by atoms with Gasteiger partial charge in [-0.15, -0.1) is 0 Å². The molecule has 0 amide bonds. The number of hydrogen-bond donors (Lipinski definition) is 0. The van der Waals surface area contributed by atoms with Crippen LogP contribution in [0.4, 0.5) is 34.1 Å². The summed E-state index contributed by atoms with van der Waals surface area (Å²) in [6.45, 7) is 31.7. The molecule has 2 aliphatic carbocycles. The Bertz CT molecular complexity index is 3120. The van der Waals surface area contributed by atoms with Gasteiger partial charge in [-0.25, -0.2) is 0 Å². The molecule has 0 atom stereocenters. The van der Waals surface area contributed by atoms with Crippen LogP contribution in [-0.4, -0.2) is 6.71 Å². The summed E-state index contributed by atoms with van der Waals surface area (Å²) in [7, 11) is 0. The van der Waals surface area contributed by atoms with Crippen LogP contribution in [0.5, 0.6) is 0 Å². The number of anilines is 6. The van der Waals surface area contributed by atoms with Crippen LogP contribution in [0, 0.1) is 13.8 Å². The Labute approximate surface area is 396 Å². The van der Waals surface area contributed by atoms with Crippen molar-refractivity contribution in [2.24, 2.45) is 0 Å². The summed E-state index contributed by atoms with van der Waals surface area (Å²) in [5.41, 5.74) is 27.0. The van der Waals surface area contributed by atoms with Gasteiger partial charge < -0.3 is 9.80 Å². The number of benzene rings is 7. The van der Waals surface area contributed by atoms with Crippen molar-refractivity contribution in [3.05, 3.63) is 172 Å². The Morgan fingerprint density at radius 1 is 0.409 bits per heavy atom. The minimum atomic E-state index is -0.113. The van der Waals surface area contributed by atoms with Crippen molar-refractivity contribution >= 4 is 57.2 Å². The fourth-order valence-electron chi connectivity index (χ4n) is 12.9. The van der Waals surface area contributed by atoms with Crippen LogP contribution in [-0.2, 0) is 27.1 Å². The lowest BCUT2D eigenvalue weighted by Crippen LogP contribution is -2.62.